The van der Waals surface area contributed by atoms with Crippen LogP contribution in [-0.2, 0) is 16.2 Å². The zero-order chi connectivity index (χ0) is 15.8. The Morgan fingerprint density at radius 2 is 2.00 bits per heavy atom. The molecule has 1 aromatic heterocycles. The zero-order valence-electron chi connectivity index (χ0n) is 10.6. The number of halogens is 3. The van der Waals surface area contributed by atoms with Crippen LogP contribution in [0.3, 0.4) is 0 Å². The third-order valence-electron chi connectivity index (χ3n) is 2.46. The third kappa shape index (κ3) is 3.45. The number of alkyl halides is 3. The minimum atomic E-state index is -4.73. The number of nitrogens with two attached hydrogens (primary N) is 1. The van der Waals surface area contributed by atoms with Crippen LogP contribution < -0.4 is 10.5 Å². The summed E-state index contributed by atoms with van der Waals surface area (Å²) in [6.07, 6.45) is -3.64. The van der Waals surface area contributed by atoms with Crippen LogP contribution >= 0.6 is 11.3 Å². The van der Waals surface area contributed by atoms with Crippen LogP contribution in [0.1, 0.15) is 10.6 Å². The summed E-state index contributed by atoms with van der Waals surface area (Å²) in [7, 11) is -4.12. The van der Waals surface area contributed by atoms with Gasteiger partial charge in [-0.05, 0) is 25.1 Å². The van der Waals surface area contributed by atoms with Crippen molar-refractivity contribution in [2.24, 2.45) is 0 Å². The van der Waals surface area contributed by atoms with Gasteiger partial charge in [0.15, 0.2) is 4.21 Å². The lowest BCUT2D eigenvalue weighted by Gasteiger charge is -2.14. The van der Waals surface area contributed by atoms with Gasteiger partial charge in [-0.25, -0.2) is 13.4 Å². The summed E-state index contributed by atoms with van der Waals surface area (Å²) < 4.78 is 64.6. The van der Waals surface area contributed by atoms with Crippen molar-refractivity contribution in [2.75, 3.05) is 10.5 Å². The van der Waals surface area contributed by atoms with Crippen LogP contribution in [0.15, 0.2) is 28.6 Å². The molecule has 21 heavy (non-hydrogen) atoms. The van der Waals surface area contributed by atoms with Gasteiger partial charge >= 0.3 is 6.18 Å². The first-order chi connectivity index (χ1) is 9.59. The standard InChI is InChI=1S/C11H10F3N3O2S2/c1-6-16-5-10(20-6)21(18,19)17-9-3-2-7(15)4-8(9)11(12,13)14/h2-5,17H,15H2,1H3. The van der Waals surface area contributed by atoms with Crippen molar-refractivity contribution in [3.63, 3.8) is 0 Å². The van der Waals surface area contributed by atoms with Crippen molar-refractivity contribution in [2.45, 2.75) is 17.3 Å². The lowest BCUT2D eigenvalue weighted by molar-refractivity contribution is -0.136. The summed E-state index contributed by atoms with van der Waals surface area (Å²) in [6.45, 7) is 1.59. The minimum Gasteiger partial charge on any atom is -0.399 e. The highest BCUT2D eigenvalue weighted by molar-refractivity contribution is 7.94. The van der Waals surface area contributed by atoms with Crippen LogP contribution in [0.2, 0.25) is 0 Å². The van der Waals surface area contributed by atoms with E-state index in [4.69, 9.17) is 5.73 Å². The van der Waals surface area contributed by atoms with Crippen LogP contribution in [0, 0.1) is 6.92 Å². The molecule has 0 atom stereocenters. The van der Waals surface area contributed by atoms with Gasteiger partial charge < -0.3 is 5.73 Å². The third-order valence-corrected chi connectivity index (χ3v) is 5.20. The zero-order valence-corrected chi connectivity index (χ0v) is 12.2. The van der Waals surface area contributed by atoms with E-state index in [1.807, 2.05) is 4.72 Å². The first kappa shape index (κ1) is 15.6. The fourth-order valence-corrected chi connectivity index (χ4v) is 3.73. The molecule has 0 saturated heterocycles. The summed E-state index contributed by atoms with van der Waals surface area (Å²) in [6, 6.07) is 2.84. The van der Waals surface area contributed by atoms with E-state index in [-0.39, 0.29) is 9.90 Å². The molecular weight excluding hydrogens is 327 g/mol. The number of thiazole rings is 1. The van der Waals surface area contributed by atoms with Gasteiger partial charge in [0, 0.05) is 5.69 Å². The van der Waals surface area contributed by atoms with Gasteiger partial charge in [-0.15, -0.1) is 11.3 Å². The van der Waals surface area contributed by atoms with Gasteiger partial charge in [-0.3, -0.25) is 4.72 Å². The normalized spacial score (nSPS) is 12.4. The highest BCUT2D eigenvalue weighted by atomic mass is 32.2. The number of hydrogen-bond donors (Lipinski definition) is 2. The molecule has 0 aliphatic rings. The summed E-state index contributed by atoms with van der Waals surface area (Å²) >= 11 is 0.863. The Bertz CT molecular complexity index is 769. The monoisotopic (exact) mass is 337 g/mol. The lowest BCUT2D eigenvalue weighted by atomic mass is 10.1. The molecule has 0 amide bonds. The van der Waals surface area contributed by atoms with Crippen molar-refractivity contribution < 1.29 is 21.6 Å². The van der Waals surface area contributed by atoms with Gasteiger partial charge in [0.2, 0.25) is 0 Å². The number of aromatic nitrogens is 1. The molecule has 1 aromatic carbocycles. The maximum Gasteiger partial charge on any atom is 0.418 e. The van der Waals surface area contributed by atoms with E-state index >= 15 is 0 Å². The summed E-state index contributed by atoms with van der Waals surface area (Å²) in [5, 5.41) is 0.490. The molecule has 0 aliphatic carbocycles. The number of nitrogens with one attached hydrogen (secondary N) is 1. The molecule has 3 N–H and O–H groups in total. The van der Waals surface area contributed by atoms with Crippen LogP contribution in [-0.4, -0.2) is 13.4 Å². The first-order valence-electron chi connectivity index (χ1n) is 5.51. The topological polar surface area (TPSA) is 85.1 Å². The van der Waals surface area contributed by atoms with E-state index < -0.39 is 27.5 Å². The number of nitrogen functional groups attached to an aromatic ring is 1. The first-order valence-corrected chi connectivity index (χ1v) is 7.81. The van der Waals surface area contributed by atoms with Gasteiger partial charge in [-0.2, -0.15) is 13.2 Å². The fraction of sp³-hybridized carbons (Fsp3) is 0.182. The Morgan fingerprint density at radius 3 is 2.52 bits per heavy atom. The molecule has 0 saturated carbocycles. The molecule has 10 heteroatoms. The van der Waals surface area contributed by atoms with Gasteiger partial charge in [0.25, 0.3) is 10.0 Å². The Hall–Kier alpha value is -1.81. The second-order valence-corrected chi connectivity index (χ2v) is 7.25. The molecule has 2 aromatic rings. The molecular formula is C11H10F3N3O2S2. The minimum absolute atomic E-state index is 0.112. The molecule has 0 fully saturated rings. The molecule has 0 spiro atoms. The average Bonchev–Trinajstić information content (AvgIpc) is 2.77. The van der Waals surface area contributed by atoms with E-state index in [0.717, 1.165) is 23.6 Å². The maximum absolute atomic E-state index is 12.9. The van der Waals surface area contributed by atoms with Crippen molar-refractivity contribution in [3.8, 4) is 0 Å². The predicted octanol–water partition coefficient (Wildman–Crippen LogP) is 2.85. The van der Waals surface area contributed by atoms with Crippen molar-refractivity contribution >= 4 is 32.7 Å². The number of benzene rings is 1. The SMILES string of the molecule is Cc1ncc(S(=O)(=O)Nc2ccc(N)cc2C(F)(F)F)s1. The Balaban J connectivity index is 2.45. The number of rotatable bonds is 3. The fourth-order valence-electron chi connectivity index (χ4n) is 1.55. The molecule has 114 valence electrons. The molecule has 2 rings (SSSR count). The van der Waals surface area contributed by atoms with Gasteiger partial charge in [0.1, 0.15) is 0 Å². The number of sulfonamides is 1. The summed E-state index contributed by atoms with van der Waals surface area (Å²) in [4.78, 5) is 3.77. The average molecular weight is 337 g/mol. The quantitative estimate of drug-likeness (QED) is 0.844. The molecule has 0 radical (unpaired) electrons. The number of nitrogens with zero attached hydrogens (tertiary/aromatic N) is 1. The van der Waals surface area contributed by atoms with Crippen LogP contribution in [0.4, 0.5) is 24.5 Å². The van der Waals surface area contributed by atoms with Gasteiger partial charge in [-0.1, -0.05) is 0 Å². The number of hydrogen-bond acceptors (Lipinski definition) is 5. The second-order valence-electron chi connectivity index (χ2n) is 4.11. The van der Waals surface area contributed by atoms with Crippen molar-refractivity contribution in [3.05, 3.63) is 35.0 Å². The van der Waals surface area contributed by atoms with E-state index in [9.17, 15) is 21.6 Å². The van der Waals surface area contributed by atoms with E-state index in [1.165, 1.54) is 6.07 Å². The molecule has 1 heterocycles. The molecule has 0 unspecified atom stereocenters. The number of aryl methyl sites for hydroxylation is 1. The largest absolute Gasteiger partial charge is 0.418 e. The number of anilines is 2. The highest BCUT2D eigenvalue weighted by Gasteiger charge is 2.35. The lowest BCUT2D eigenvalue weighted by Crippen LogP contribution is -2.16. The summed E-state index contributed by atoms with van der Waals surface area (Å²) in [5.41, 5.74) is 3.48. The second kappa shape index (κ2) is 5.19. The van der Waals surface area contributed by atoms with Crippen molar-refractivity contribution in [1.29, 1.82) is 0 Å². The van der Waals surface area contributed by atoms with Crippen LogP contribution in [0.25, 0.3) is 0 Å². The Labute approximate surface area is 122 Å². The Kier molecular flexibility index (Phi) is 3.85. The van der Waals surface area contributed by atoms with E-state index in [1.54, 1.807) is 6.92 Å². The van der Waals surface area contributed by atoms with Gasteiger partial charge in [0.05, 0.1) is 22.5 Å². The maximum atomic E-state index is 12.9. The molecule has 0 bridgehead atoms. The predicted molar refractivity (Wildman–Crippen MR) is 73.5 cm³/mol. The van der Waals surface area contributed by atoms with Crippen LogP contribution in [0.5, 0.6) is 0 Å². The molecule has 5 nitrogen and oxygen atoms in total. The smallest absolute Gasteiger partial charge is 0.399 e. The van der Waals surface area contributed by atoms with E-state index in [0.29, 0.717) is 11.1 Å². The highest BCUT2D eigenvalue weighted by Crippen LogP contribution is 2.37. The Morgan fingerprint density at radius 1 is 1.33 bits per heavy atom. The molecule has 0 aliphatic heterocycles. The van der Waals surface area contributed by atoms with Crippen molar-refractivity contribution in [1.82, 2.24) is 4.98 Å². The van der Waals surface area contributed by atoms with E-state index in [2.05, 4.69) is 4.98 Å². The summed E-state index contributed by atoms with van der Waals surface area (Å²) in [5.74, 6) is 0.